The van der Waals surface area contributed by atoms with Crippen molar-refractivity contribution in [3.05, 3.63) is 0 Å². The van der Waals surface area contributed by atoms with Gasteiger partial charge in [0.1, 0.15) is 0 Å². The van der Waals surface area contributed by atoms with E-state index in [2.05, 4.69) is 19.2 Å². The standard InChI is InChI=1S/C12H23NO/c1-9(2)13-7-11-6-12(11)10-4-3-5-14-8-10/h9-13H,3-8H2,1-2H3. The minimum Gasteiger partial charge on any atom is -0.381 e. The molecule has 1 saturated heterocycles. The van der Waals surface area contributed by atoms with Crippen LogP contribution in [0.3, 0.4) is 0 Å². The second-order valence-electron chi connectivity index (χ2n) is 5.20. The maximum Gasteiger partial charge on any atom is 0.0497 e. The zero-order chi connectivity index (χ0) is 9.97. The molecule has 1 aliphatic heterocycles. The molecule has 2 heteroatoms. The Hall–Kier alpha value is -0.0800. The summed E-state index contributed by atoms with van der Waals surface area (Å²) in [7, 11) is 0. The van der Waals surface area contributed by atoms with E-state index in [0.717, 1.165) is 31.0 Å². The van der Waals surface area contributed by atoms with E-state index in [-0.39, 0.29) is 0 Å². The van der Waals surface area contributed by atoms with Gasteiger partial charge in [-0.1, -0.05) is 13.8 Å². The Morgan fingerprint density at radius 2 is 2.29 bits per heavy atom. The van der Waals surface area contributed by atoms with Gasteiger partial charge in [-0.25, -0.2) is 0 Å². The molecule has 1 heterocycles. The van der Waals surface area contributed by atoms with E-state index in [4.69, 9.17) is 4.74 Å². The summed E-state index contributed by atoms with van der Waals surface area (Å²) >= 11 is 0. The van der Waals surface area contributed by atoms with Gasteiger partial charge in [0.15, 0.2) is 0 Å². The third-order valence-electron chi connectivity index (χ3n) is 3.57. The fraction of sp³-hybridized carbons (Fsp3) is 1.00. The first-order chi connectivity index (χ1) is 6.77. The lowest BCUT2D eigenvalue weighted by atomic mass is 9.95. The largest absolute Gasteiger partial charge is 0.381 e. The molecule has 0 bridgehead atoms. The van der Waals surface area contributed by atoms with Gasteiger partial charge in [-0.3, -0.25) is 0 Å². The Morgan fingerprint density at radius 1 is 1.43 bits per heavy atom. The summed E-state index contributed by atoms with van der Waals surface area (Å²) in [6, 6.07) is 0.638. The number of nitrogens with one attached hydrogen (secondary N) is 1. The van der Waals surface area contributed by atoms with E-state index in [1.807, 2.05) is 0 Å². The molecule has 0 radical (unpaired) electrons. The second-order valence-corrected chi connectivity index (χ2v) is 5.20. The molecule has 2 nitrogen and oxygen atoms in total. The molecular formula is C12H23NO. The quantitative estimate of drug-likeness (QED) is 0.744. The minimum atomic E-state index is 0.638. The van der Waals surface area contributed by atoms with Crippen molar-refractivity contribution in [3.63, 3.8) is 0 Å². The highest BCUT2D eigenvalue weighted by atomic mass is 16.5. The summed E-state index contributed by atoms with van der Waals surface area (Å²) in [4.78, 5) is 0. The van der Waals surface area contributed by atoms with E-state index >= 15 is 0 Å². The van der Waals surface area contributed by atoms with E-state index in [9.17, 15) is 0 Å². The topological polar surface area (TPSA) is 21.3 Å². The molecule has 14 heavy (non-hydrogen) atoms. The van der Waals surface area contributed by atoms with Gasteiger partial charge in [0.05, 0.1) is 0 Å². The van der Waals surface area contributed by atoms with Crippen LogP contribution in [0.2, 0.25) is 0 Å². The average molecular weight is 197 g/mol. The van der Waals surface area contributed by atoms with Gasteiger partial charge in [0.2, 0.25) is 0 Å². The van der Waals surface area contributed by atoms with Crippen LogP contribution in [0.25, 0.3) is 0 Å². The lowest BCUT2D eigenvalue weighted by Crippen LogP contribution is -2.27. The summed E-state index contributed by atoms with van der Waals surface area (Å²) in [5.41, 5.74) is 0. The highest BCUT2D eigenvalue weighted by Crippen LogP contribution is 2.46. The molecule has 1 N–H and O–H groups in total. The Balaban J connectivity index is 1.65. The molecule has 0 aromatic carbocycles. The first-order valence-corrected chi connectivity index (χ1v) is 6.08. The van der Waals surface area contributed by atoms with Crippen LogP contribution in [-0.2, 0) is 4.74 Å². The highest BCUT2D eigenvalue weighted by molar-refractivity contribution is 4.93. The van der Waals surface area contributed by atoms with Crippen LogP contribution in [0.4, 0.5) is 0 Å². The van der Waals surface area contributed by atoms with Gasteiger partial charge < -0.3 is 10.1 Å². The third-order valence-corrected chi connectivity index (χ3v) is 3.57. The van der Waals surface area contributed by atoms with Gasteiger partial charge in [-0.15, -0.1) is 0 Å². The Labute approximate surface area is 87.4 Å². The molecule has 0 aromatic rings. The van der Waals surface area contributed by atoms with Crippen LogP contribution < -0.4 is 5.32 Å². The van der Waals surface area contributed by atoms with Crippen molar-refractivity contribution >= 4 is 0 Å². The van der Waals surface area contributed by atoms with Crippen LogP contribution in [0.5, 0.6) is 0 Å². The maximum absolute atomic E-state index is 5.54. The lowest BCUT2D eigenvalue weighted by molar-refractivity contribution is 0.0444. The van der Waals surface area contributed by atoms with Crippen molar-refractivity contribution in [2.24, 2.45) is 17.8 Å². The van der Waals surface area contributed by atoms with Crippen molar-refractivity contribution in [2.45, 2.75) is 39.2 Å². The molecule has 82 valence electrons. The summed E-state index contributed by atoms with van der Waals surface area (Å²) < 4.78 is 5.54. The van der Waals surface area contributed by atoms with E-state index in [1.165, 1.54) is 25.8 Å². The Bertz CT molecular complexity index is 175. The number of rotatable bonds is 4. The predicted octanol–water partition coefficient (Wildman–Crippen LogP) is 2.05. The van der Waals surface area contributed by atoms with Crippen LogP contribution in [-0.4, -0.2) is 25.8 Å². The highest BCUT2D eigenvalue weighted by Gasteiger charge is 2.42. The zero-order valence-corrected chi connectivity index (χ0v) is 9.46. The van der Waals surface area contributed by atoms with Crippen molar-refractivity contribution in [2.75, 3.05) is 19.8 Å². The monoisotopic (exact) mass is 197 g/mol. The van der Waals surface area contributed by atoms with Crippen molar-refractivity contribution in [3.8, 4) is 0 Å². The molecule has 2 rings (SSSR count). The zero-order valence-electron chi connectivity index (χ0n) is 9.46. The maximum atomic E-state index is 5.54. The molecule has 1 aliphatic carbocycles. The van der Waals surface area contributed by atoms with Crippen LogP contribution >= 0.6 is 0 Å². The van der Waals surface area contributed by atoms with Gasteiger partial charge in [0, 0.05) is 19.3 Å². The fourth-order valence-corrected chi connectivity index (χ4v) is 2.57. The minimum absolute atomic E-state index is 0.638. The van der Waals surface area contributed by atoms with Crippen LogP contribution in [0, 0.1) is 17.8 Å². The predicted molar refractivity (Wildman–Crippen MR) is 58.3 cm³/mol. The number of hydrogen-bond acceptors (Lipinski definition) is 2. The molecule has 2 fully saturated rings. The first-order valence-electron chi connectivity index (χ1n) is 6.08. The van der Waals surface area contributed by atoms with Gasteiger partial charge in [-0.05, 0) is 43.6 Å². The van der Waals surface area contributed by atoms with E-state index in [0.29, 0.717) is 6.04 Å². The molecule has 3 atom stereocenters. The average Bonchev–Trinajstić information content (AvgIpc) is 2.95. The summed E-state index contributed by atoms with van der Waals surface area (Å²) in [5, 5.41) is 3.54. The summed E-state index contributed by atoms with van der Waals surface area (Å²) in [5.74, 6) is 2.80. The smallest absolute Gasteiger partial charge is 0.0497 e. The normalized spacial score (nSPS) is 37.5. The Kier molecular flexibility index (Phi) is 3.45. The molecule has 3 unspecified atom stereocenters. The summed E-state index contributed by atoms with van der Waals surface area (Å²) in [6.07, 6.45) is 4.13. The number of hydrogen-bond donors (Lipinski definition) is 1. The second kappa shape index (κ2) is 4.63. The van der Waals surface area contributed by atoms with Crippen molar-refractivity contribution < 1.29 is 4.74 Å². The van der Waals surface area contributed by atoms with Crippen molar-refractivity contribution in [1.29, 1.82) is 0 Å². The molecule has 1 saturated carbocycles. The lowest BCUT2D eigenvalue weighted by Gasteiger charge is -2.22. The van der Waals surface area contributed by atoms with Gasteiger partial charge >= 0.3 is 0 Å². The molecule has 2 aliphatic rings. The van der Waals surface area contributed by atoms with E-state index in [1.54, 1.807) is 0 Å². The van der Waals surface area contributed by atoms with Gasteiger partial charge in [0.25, 0.3) is 0 Å². The SMILES string of the molecule is CC(C)NCC1CC1C1CCCOC1. The molecule has 0 spiro atoms. The molecule has 0 aromatic heterocycles. The van der Waals surface area contributed by atoms with Crippen LogP contribution in [0.15, 0.2) is 0 Å². The summed E-state index contributed by atoms with van der Waals surface area (Å²) in [6.45, 7) is 7.70. The molecule has 0 amide bonds. The molecular weight excluding hydrogens is 174 g/mol. The number of ether oxygens (including phenoxy) is 1. The van der Waals surface area contributed by atoms with E-state index < -0.39 is 0 Å². The van der Waals surface area contributed by atoms with Crippen LogP contribution in [0.1, 0.15) is 33.1 Å². The third kappa shape index (κ3) is 2.71. The van der Waals surface area contributed by atoms with Crippen molar-refractivity contribution in [1.82, 2.24) is 5.32 Å². The Morgan fingerprint density at radius 3 is 2.93 bits per heavy atom. The first kappa shape index (κ1) is 10.4. The van der Waals surface area contributed by atoms with Gasteiger partial charge in [-0.2, -0.15) is 0 Å². The fourth-order valence-electron chi connectivity index (χ4n) is 2.57.